The average Bonchev–Trinajstić information content (AvgIpc) is 3.35. The monoisotopic (exact) mass is 453 g/mol. The number of fused-ring (bicyclic) bond motifs is 3. The summed E-state index contributed by atoms with van der Waals surface area (Å²) in [7, 11) is 0. The van der Waals surface area contributed by atoms with Crippen molar-refractivity contribution in [3.63, 3.8) is 0 Å². The molecule has 1 aliphatic heterocycles. The molecule has 0 bridgehead atoms. The van der Waals surface area contributed by atoms with Crippen molar-refractivity contribution in [2.24, 2.45) is 0 Å². The van der Waals surface area contributed by atoms with Crippen molar-refractivity contribution in [2.45, 2.75) is 25.2 Å². The zero-order valence-corrected chi connectivity index (χ0v) is 17.4. The third-order valence-electron chi connectivity index (χ3n) is 5.78. The maximum Gasteiger partial charge on any atom is 0.387 e. The second-order valence-corrected chi connectivity index (χ2v) is 7.74. The van der Waals surface area contributed by atoms with Crippen LogP contribution in [0.15, 0.2) is 65.6 Å². The second kappa shape index (κ2) is 8.76. The van der Waals surface area contributed by atoms with Crippen LogP contribution >= 0.6 is 0 Å². The van der Waals surface area contributed by atoms with E-state index in [9.17, 15) is 18.7 Å². The molecule has 9 heteroatoms. The smallest absolute Gasteiger partial charge is 0.387 e. The SMILES string of the molecule is O=c1ccc(-c2ccc3nc4n(c3c2)[C@@H](c2ccccc2OC(F)F)C[C@H]4OCCO)c[nH]1. The van der Waals surface area contributed by atoms with Gasteiger partial charge in [-0.15, -0.1) is 0 Å². The van der Waals surface area contributed by atoms with Gasteiger partial charge < -0.3 is 24.1 Å². The van der Waals surface area contributed by atoms with E-state index in [-0.39, 0.29) is 30.6 Å². The maximum atomic E-state index is 13.1. The molecule has 0 fully saturated rings. The predicted octanol–water partition coefficient (Wildman–Crippen LogP) is 4.04. The van der Waals surface area contributed by atoms with Gasteiger partial charge in [-0.05, 0) is 35.4 Å². The molecule has 1 aliphatic rings. The number of rotatable bonds is 7. The van der Waals surface area contributed by atoms with Crippen molar-refractivity contribution in [3.05, 3.63) is 82.5 Å². The van der Waals surface area contributed by atoms with E-state index in [2.05, 4.69) is 4.98 Å². The molecule has 4 aromatic rings. The molecule has 0 amide bonds. The number of imidazole rings is 1. The van der Waals surface area contributed by atoms with Crippen LogP contribution in [0.2, 0.25) is 0 Å². The first-order valence-electron chi connectivity index (χ1n) is 10.5. The van der Waals surface area contributed by atoms with Gasteiger partial charge in [-0.25, -0.2) is 4.98 Å². The zero-order valence-electron chi connectivity index (χ0n) is 17.4. The fraction of sp³-hybridized carbons (Fsp3) is 0.250. The second-order valence-electron chi connectivity index (χ2n) is 7.74. The molecule has 2 atom stereocenters. The number of halogens is 2. The Kier molecular flexibility index (Phi) is 5.65. The van der Waals surface area contributed by atoms with Crippen LogP contribution in [0.5, 0.6) is 5.75 Å². The molecule has 0 unspecified atom stereocenters. The minimum atomic E-state index is -2.94. The highest BCUT2D eigenvalue weighted by Crippen LogP contribution is 2.45. The van der Waals surface area contributed by atoms with Gasteiger partial charge in [0.25, 0.3) is 0 Å². The van der Waals surface area contributed by atoms with Crippen molar-refractivity contribution in [1.29, 1.82) is 0 Å². The summed E-state index contributed by atoms with van der Waals surface area (Å²) in [6.07, 6.45) is 1.69. The van der Waals surface area contributed by atoms with Crippen molar-refractivity contribution in [1.82, 2.24) is 14.5 Å². The topological polar surface area (TPSA) is 89.4 Å². The third-order valence-corrected chi connectivity index (χ3v) is 5.78. The summed E-state index contributed by atoms with van der Waals surface area (Å²) in [6, 6.07) is 15.3. The van der Waals surface area contributed by atoms with Gasteiger partial charge in [0.15, 0.2) is 0 Å². The lowest BCUT2D eigenvalue weighted by atomic mass is 10.0. The van der Waals surface area contributed by atoms with E-state index in [0.717, 1.165) is 22.2 Å². The average molecular weight is 453 g/mol. The zero-order chi connectivity index (χ0) is 22.9. The molecule has 7 nitrogen and oxygen atoms in total. The van der Waals surface area contributed by atoms with Crippen molar-refractivity contribution in [2.75, 3.05) is 13.2 Å². The van der Waals surface area contributed by atoms with Gasteiger partial charge >= 0.3 is 6.61 Å². The number of benzene rings is 2. The van der Waals surface area contributed by atoms with E-state index >= 15 is 0 Å². The number of ether oxygens (including phenoxy) is 2. The Morgan fingerprint density at radius 2 is 1.97 bits per heavy atom. The summed E-state index contributed by atoms with van der Waals surface area (Å²) >= 11 is 0. The summed E-state index contributed by atoms with van der Waals surface area (Å²) in [4.78, 5) is 18.9. The van der Waals surface area contributed by atoms with Crippen LogP contribution < -0.4 is 10.3 Å². The van der Waals surface area contributed by atoms with Crippen LogP contribution in [0, 0.1) is 0 Å². The number of aliphatic hydroxyl groups is 1. The standard InChI is InChI=1S/C24H21F2N3O4/c25-24(26)33-20-4-2-1-3-16(20)18-12-21(32-10-9-30)23-28-17-7-5-14(11-19(17)29(18)23)15-6-8-22(31)27-13-15/h1-8,11,13,18,21,24,30H,9-10,12H2,(H,27,31)/t18-,21-/m1/s1. The summed E-state index contributed by atoms with van der Waals surface area (Å²) in [6.45, 7) is -2.94. The van der Waals surface area contributed by atoms with Gasteiger partial charge in [0, 0.05) is 24.2 Å². The molecule has 0 saturated heterocycles. The van der Waals surface area contributed by atoms with Gasteiger partial charge in [0.1, 0.15) is 17.7 Å². The van der Waals surface area contributed by atoms with Gasteiger partial charge in [-0.2, -0.15) is 8.78 Å². The maximum absolute atomic E-state index is 13.1. The number of para-hydroxylation sites is 1. The van der Waals surface area contributed by atoms with Gasteiger partial charge in [-0.3, -0.25) is 4.79 Å². The molecule has 170 valence electrons. The summed E-state index contributed by atoms with van der Waals surface area (Å²) in [5.41, 5.74) is 3.65. The molecule has 2 N–H and O–H groups in total. The Morgan fingerprint density at radius 3 is 2.73 bits per heavy atom. The number of pyridine rings is 1. The number of alkyl halides is 2. The van der Waals surface area contributed by atoms with E-state index in [0.29, 0.717) is 17.8 Å². The summed E-state index contributed by atoms with van der Waals surface area (Å²) < 4.78 is 38.8. The molecule has 2 aromatic heterocycles. The number of hydrogen-bond acceptors (Lipinski definition) is 5. The number of aromatic amines is 1. The fourth-order valence-corrected chi connectivity index (χ4v) is 4.41. The molecule has 3 heterocycles. The molecule has 2 aromatic carbocycles. The van der Waals surface area contributed by atoms with Crippen LogP contribution in [-0.2, 0) is 4.74 Å². The van der Waals surface area contributed by atoms with E-state index < -0.39 is 12.7 Å². The molecule has 5 rings (SSSR count). The van der Waals surface area contributed by atoms with E-state index in [1.165, 1.54) is 12.1 Å². The molecular formula is C24H21F2N3O4. The largest absolute Gasteiger partial charge is 0.434 e. The number of aromatic nitrogens is 3. The molecular weight excluding hydrogens is 432 g/mol. The lowest BCUT2D eigenvalue weighted by molar-refractivity contribution is -0.0507. The van der Waals surface area contributed by atoms with Crippen LogP contribution in [0.1, 0.15) is 30.0 Å². The van der Waals surface area contributed by atoms with Crippen molar-refractivity contribution in [3.8, 4) is 16.9 Å². The first kappa shape index (κ1) is 21.3. The minimum Gasteiger partial charge on any atom is -0.434 e. The van der Waals surface area contributed by atoms with Gasteiger partial charge in [-0.1, -0.05) is 24.3 Å². The fourth-order valence-electron chi connectivity index (χ4n) is 4.41. The number of nitrogens with zero attached hydrogens (tertiary/aromatic N) is 2. The number of hydrogen-bond donors (Lipinski definition) is 2. The number of aliphatic hydroxyl groups excluding tert-OH is 1. The first-order chi connectivity index (χ1) is 16.0. The highest BCUT2D eigenvalue weighted by molar-refractivity contribution is 5.83. The van der Waals surface area contributed by atoms with E-state index in [4.69, 9.17) is 14.5 Å². The Balaban J connectivity index is 1.65. The molecule has 0 radical (unpaired) electrons. The lowest BCUT2D eigenvalue weighted by Gasteiger charge is -2.19. The van der Waals surface area contributed by atoms with Gasteiger partial charge in [0.05, 0.1) is 30.3 Å². The molecule has 0 aliphatic carbocycles. The van der Waals surface area contributed by atoms with Crippen molar-refractivity contribution >= 4 is 11.0 Å². The van der Waals surface area contributed by atoms with Crippen LogP contribution in [0.4, 0.5) is 8.78 Å². The first-order valence-corrected chi connectivity index (χ1v) is 10.5. The van der Waals surface area contributed by atoms with E-state index in [1.54, 1.807) is 30.5 Å². The Bertz CT molecular complexity index is 1330. The summed E-state index contributed by atoms with van der Waals surface area (Å²) in [5, 5.41) is 9.24. The van der Waals surface area contributed by atoms with E-state index in [1.807, 2.05) is 22.8 Å². The third kappa shape index (κ3) is 4.01. The lowest BCUT2D eigenvalue weighted by Crippen LogP contribution is -2.10. The Labute approximate surface area is 187 Å². The highest BCUT2D eigenvalue weighted by atomic mass is 19.3. The molecule has 0 spiro atoms. The highest BCUT2D eigenvalue weighted by Gasteiger charge is 2.37. The Hall–Kier alpha value is -3.56. The Morgan fingerprint density at radius 1 is 1.15 bits per heavy atom. The van der Waals surface area contributed by atoms with Crippen LogP contribution in [0.3, 0.4) is 0 Å². The van der Waals surface area contributed by atoms with Crippen LogP contribution in [0.25, 0.3) is 22.2 Å². The quantitative estimate of drug-likeness (QED) is 0.441. The number of nitrogens with one attached hydrogen (secondary N) is 1. The predicted molar refractivity (Wildman–Crippen MR) is 117 cm³/mol. The molecule has 33 heavy (non-hydrogen) atoms. The van der Waals surface area contributed by atoms with Crippen LogP contribution in [-0.4, -0.2) is 39.5 Å². The van der Waals surface area contributed by atoms with Crippen molar-refractivity contribution < 1.29 is 23.4 Å². The van der Waals surface area contributed by atoms with Gasteiger partial charge in [0.2, 0.25) is 5.56 Å². The minimum absolute atomic E-state index is 0.102. The normalized spacial score (nSPS) is 17.6. The molecule has 0 saturated carbocycles. The number of H-pyrrole nitrogens is 1. The summed E-state index contributed by atoms with van der Waals surface area (Å²) in [5.74, 6) is 0.763.